The molecule has 1 aliphatic carbocycles. The largest absolute Gasteiger partial charge is 0.481 e. The first-order chi connectivity index (χ1) is 6.99. The molecular weight excluding hydrogens is 190 g/mol. The van der Waals surface area contributed by atoms with Gasteiger partial charge in [0, 0.05) is 12.6 Å². The zero-order valence-electron chi connectivity index (χ0n) is 9.88. The third kappa shape index (κ3) is 5.17. The maximum atomic E-state index is 10.4. The van der Waals surface area contributed by atoms with Crippen LogP contribution in [0.3, 0.4) is 0 Å². The van der Waals surface area contributed by atoms with Crippen LogP contribution in [-0.2, 0) is 4.79 Å². The average Bonchev–Trinajstić information content (AvgIpc) is 2.27. The molecule has 1 rings (SSSR count). The fourth-order valence-corrected chi connectivity index (χ4v) is 2.25. The van der Waals surface area contributed by atoms with Gasteiger partial charge in [0.05, 0.1) is 6.42 Å². The standard InChI is InChI=1S/C12H23NO2/c1-12(2)7-3-4-10(5-8-12)13-9-6-11(14)15/h10,13H,3-9H2,1-2H3,(H,14,15). The summed E-state index contributed by atoms with van der Waals surface area (Å²) in [6.45, 7) is 5.26. The van der Waals surface area contributed by atoms with Gasteiger partial charge in [-0.2, -0.15) is 0 Å². The predicted molar refractivity (Wildman–Crippen MR) is 60.9 cm³/mol. The Morgan fingerprint density at radius 2 is 2.13 bits per heavy atom. The number of nitrogens with one attached hydrogen (secondary N) is 1. The summed E-state index contributed by atoms with van der Waals surface area (Å²) in [7, 11) is 0. The number of carboxylic acid groups (broad SMARTS) is 1. The van der Waals surface area contributed by atoms with E-state index in [2.05, 4.69) is 19.2 Å². The van der Waals surface area contributed by atoms with Gasteiger partial charge < -0.3 is 10.4 Å². The van der Waals surface area contributed by atoms with Gasteiger partial charge in [0.2, 0.25) is 0 Å². The van der Waals surface area contributed by atoms with Crippen LogP contribution in [0.25, 0.3) is 0 Å². The highest BCUT2D eigenvalue weighted by Gasteiger charge is 2.23. The first-order valence-corrected chi connectivity index (χ1v) is 5.95. The molecular formula is C12H23NO2. The second kappa shape index (κ2) is 5.50. The molecule has 3 nitrogen and oxygen atoms in total. The molecule has 0 heterocycles. The molecule has 0 radical (unpaired) electrons. The maximum Gasteiger partial charge on any atom is 0.304 e. The zero-order chi connectivity index (χ0) is 11.3. The molecule has 0 aliphatic heterocycles. The maximum absolute atomic E-state index is 10.4. The highest BCUT2D eigenvalue weighted by molar-refractivity contribution is 5.66. The van der Waals surface area contributed by atoms with Crippen molar-refractivity contribution in [3.8, 4) is 0 Å². The van der Waals surface area contributed by atoms with Crippen molar-refractivity contribution in [2.45, 2.75) is 58.4 Å². The van der Waals surface area contributed by atoms with E-state index in [-0.39, 0.29) is 6.42 Å². The molecule has 3 heteroatoms. The van der Waals surface area contributed by atoms with Gasteiger partial charge >= 0.3 is 5.97 Å². The Morgan fingerprint density at radius 1 is 1.40 bits per heavy atom. The topological polar surface area (TPSA) is 49.3 Å². The van der Waals surface area contributed by atoms with Crippen LogP contribution in [0.4, 0.5) is 0 Å². The number of hydrogen-bond donors (Lipinski definition) is 2. The van der Waals surface area contributed by atoms with Crippen LogP contribution >= 0.6 is 0 Å². The van der Waals surface area contributed by atoms with Crippen molar-refractivity contribution in [2.24, 2.45) is 5.41 Å². The van der Waals surface area contributed by atoms with Gasteiger partial charge in [0.1, 0.15) is 0 Å². The number of carbonyl (C=O) groups is 1. The Balaban J connectivity index is 2.23. The average molecular weight is 213 g/mol. The second-order valence-electron chi connectivity index (χ2n) is 5.39. The van der Waals surface area contributed by atoms with Crippen molar-refractivity contribution >= 4 is 5.97 Å². The van der Waals surface area contributed by atoms with E-state index in [0.29, 0.717) is 18.0 Å². The summed E-state index contributed by atoms with van der Waals surface area (Å²) in [5.74, 6) is -0.712. The van der Waals surface area contributed by atoms with Crippen molar-refractivity contribution in [1.29, 1.82) is 0 Å². The molecule has 0 bridgehead atoms. The van der Waals surface area contributed by atoms with Crippen LogP contribution in [-0.4, -0.2) is 23.7 Å². The van der Waals surface area contributed by atoms with Gasteiger partial charge in [-0.25, -0.2) is 0 Å². The third-order valence-corrected chi connectivity index (χ3v) is 3.35. The summed E-state index contributed by atoms with van der Waals surface area (Å²) in [6.07, 6.45) is 6.43. The molecule has 0 saturated heterocycles. The lowest BCUT2D eigenvalue weighted by molar-refractivity contribution is -0.136. The van der Waals surface area contributed by atoms with Crippen LogP contribution in [0.5, 0.6) is 0 Å². The van der Waals surface area contributed by atoms with Crippen molar-refractivity contribution in [3.05, 3.63) is 0 Å². The minimum absolute atomic E-state index is 0.236. The monoisotopic (exact) mass is 213 g/mol. The van der Waals surface area contributed by atoms with E-state index in [1.165, 1.54) is 32.1 Å². The molecule has 2 N–H and O–H groups in total. The Hall–Kier alpha value is -0.570. The molecule has 1 saturated carbocycles. The van der Waals surface area contributed by atoms with Gasteiger partial charge in [-0.1, -0.05) is 20.3 Å². The summed E-state index contributed by atoms with van der Waals surface area (Å²) in [6, 6.07) is 0.533. The molecule has 88 valence electrons. The van der Waals surface area contributed by atoms with Crippen molar-refractivity contribution < 1.29 is 9.90 Å². The second-order valence-corrected chi connectivity index (χ2v) is 5.39. The Morgan fingerprint density at radius 3 is 2.80 bits per heavy atom. The fraction of sp³-hybridized carbons (Fsp3) is 0.917. The van der Waals surface area contributed by atoms with E-state index in [4.69, 9.17) is 5.11 Å². The quantitative estimate of drug-likeness (QED) is 0.705. The van der Waals surface area contributed by atoms with Crippen LogP contribution in [0.2, 0.25) is 0 Å². The van der Waals surface area contributed by atoms with Gasteiger partial charge in [-0.05, 0) is 31.1 Å². The van der Waals surface area contributed by atoms with Crippen molar-refractivity contribution in [3.63, 3.8) is 0 Å². The normalized spacial score (nSPS) is 25.9. The molecule has 1 unspecified atom stereocenters. The van der Waals surface area contributed by atoms with E-state index in [1.807, 2.05) is 0 Å². The molecule has 1 aliphatic rings. The smallest absolute Gasteiger partial charge is 0.304 e. The Kier molecular flexibility index (Phi) is 4.58. The number of hydrogen-bond acceptors (Lipinski definition) is 2. The molecule has 0 spiro atoms. The minimum Gasteiger partial charge on any atom is -0.481 e. The van der Waals surface area contributed by atoms with Crippen LogP contribution in [0, 0.1) is 5.41 Å². The molecule has 0 aromatic heterocycles. The number of aliphatic carboxylic acids is 1. The highest BCUT2D eigenvalue weighted by atomic mass is 16.4. The summed E-state index contributed by atoms with van der Waals surface area (Å²) >= 11 is 0. The van der Waals surface area contributed by atoms with Gasteiger partial charge in [-0.3, -0.25) is 4.79 Å². The molecule has 0 amide bonds. The molecule has 0 aromatic carbocycles. The Bertz CT molecular complexity index is 214. The van der Waals surface area contributed by atoms with E-state index in [1.54, 1.807) is 0 Å². The summed E-state index contributed by atoms with van der Waals surface area (Å²) in [4.78, 5) is 10.4. The molecule has 0 aromatic rings. The van der Waals surface area contributed by atoms with Gasteiger partial charge in [0.25, 0.3) is 0 Å². The summed E-state index contributed by atoms with van der Waals surface area (Å²) in [5, 5.41) is 11.9. The van der Waals surface area contributed by atoms with Gasteiger partial charge in [0.15, 0.2) is 0 Å². The highest BCUT2D eigenvalue weighted by Crippen LogP contribution is 2.33. The van der Waals surface area contributed by atoms with E-state index >= 15 is 0 Å². The SMILES string of the molecule is CC1(C)CCCC(NCCC(=O)O)CC1. The Labute approximate surface area is 92.3 Å². The van der Waals surface area contributed by atoms with Crippen LogP contribution in [0.1, 0.15) is 52.4 Å². The van der Waals surface area contributed by atoms with Crippen molar-refractivity contribution in [2.75, 3.05) is 6.54 Å². The molecule has 15 heavy (non-hydrogen) atoms. The van der Waals surface area contributed by atoms with Crippen molar-refractivity contribution in [1.82, 2.24) is 5.32 Å². The number of carboxylic acids is 1. The number of rotatable bonds is 4. The predicted octanol–water partition coefficient (Wildman–Crippen LogP) is 2.41. The molecule has 1 fully saturated rings. The first-order valence-electron chi connectivity index (χ1n) is 5.95. The lowest BCUT2D eigenvalue weighted by Crippen LogP contribution is -2.30. The van der Waals surface area contributed by atoms with E-state index < -0.39 is 5.97 Å². The third-order valence-electron chi connectivity index (χ3n) is 3.35. The lowest BCUT2D eigenvalue weighted by atomic mass is 9.85. The summed E-state index contributed by atoms with van der Waals surface area (Å²) in [5.41, 5.74) is 0.475. The van der Waals surface area contributed by atoms with Crippen LogP contribution < -0.4 is 5.32 Å². The summed E-state index contributed by atoms with van der Waals surface area (Å²) < 4.78 is 0. The zero-order valence-corrected chi connectivity index (χ0v) is 9.88. The minimum atomic E-state index is -0.712. The van der Waals surface area contributed by atoms with E-state index in [9.17, 15) is 4.79 Å². The molecule has 1 atom stereocenters. The first kappa shape index (κ1) is 12.5. The van der Waals surface area contributed by atoms with Gasteiger partial charge in [-0.15, -0.1) is 0 Å². The lowest BCUT2D eigenvalue weighted by Gasteiger charge is -2.22. The fourth-order valence-electron chi connectivity index (χ4n) is 2.25. The van der Waals surface area contributed by atoms with E-state index in [0.717, 1.165) is 0 Å². The van der Waals surface area contributed by atoms with Crippen LogP contribution in [0.15, 0.2) is 0 Å².